The number of carbonyl (C=O) groups excluding carboxylic acids is 1. The molecule has 0 saturated carbocycles. The third-order valence-corrected chi connectivity index (χ3v) is 4.03. The number of aromatic nitrogens is 1. The van der Waals surface area contributed by atoms with Crippen LogP contribution in [0.2, 0.25) is 10.0 Å². The summed E-state index contributed by atoms with van der Waals surface area (Å²) in [6, 6.07) is 6.32. The average molecular weight is 340 g/mol. The number of benzene rings is 1. The number of pyridine rings is 1. The fourth-order valence-electron chi connectivity index (χ4n) is 2.34. The number of carbonyl (C=O) groups is 1. The molecule has 2 heterocycles. The van der Waals surface area contributed by atoms with Crippen molar-refractivity contribution in [2.45, 2.75) is 19.3 Å². The number of rotatable bonds is 3. The maximum absolute atomic E-state index is 12.5. The summed E-state index contributed by atoms with van der Waals surface area (Å²) in [7, 11) is 0. The van der Waals surface area contributed by atoms with E-state index in [-0.39, 0.29) is 34.7 Å². The normalized spacial score (nSPS) is 18.6. The molecule has 2 aromatic rings. The van der Waals surface area contributed by atoms with E-state index in [1.807, 2.05) is 0 Å². The minimum atomic E-state index is -2.39. The highest BCUT2D eigenvalue weighted by Gasteiger charge is 2.31. The van der Waals surface area contributed by atoms with Crippen LogP contribution in [0.3, 0.4) is 0 Å². The second-order valence-corrected chi connectivity index (χ2v) is 5.74. The highest BCUT2D eigenvalue weighted by atomic mass is 35.5. The molecule has 1 aromatic heterocycles. The molecular weight excluding hydrogens is 323 g/mol. The van der Waals surface area contributed by atoms with E-state index in [2.05, 4.69) is 10.3 Å². The van der Waals surface area contributed by atoms with Gasteiger partial charge in [-0.3, -0.25) is 4.79 Å². The van der Waals surface area contributed by atoms with E-state index in [4.69, 9.17) is 32.1 Å². The first kappa shape index (κ1) is 11.7. The fourth-order valence-corrected chi connectivity index (χ4v) is 2.90. The van der Waals surface area contributed by atoms with Gasteiger partial charge in [0.25, 0.3) is 0 Å². The molecule has 22 heavy (non-hydrogen) atoms. The van der Waals surface area contributed by atoms with Crippen LogP contribution in [-0.2, 0) is 11.3 Å². The van der Waals surface area contributed by atoms with Crippen molar-refractivity contribution in [2.24, 2.45) is 0 Å². The summed E-state index contributed by atoms with van der Waals surface area (Å²) in [5.74, 6) is -0.337. The summed E-state index contributed by atoms with van der Waals surface area (Å²) in [5, 5.41) is 3.16. The van der Waals surface area contributed by atoms with Gasteiger partial charge in [-0.15, -0.1) is 0 Å². The van der Waals surface area contributed by atoms with E-state index >= 15 is 0 Å². The van der Waals surface area contributed by atoms with Gasteiger partial charge in [0.15, 0.2) is 0 Å². The highest BCUT2D eigenvalue weighted by Crippen LogP contribution is 2.31. The van der Waals surface area contributed by atoms with Gasteiger partial charge in [-0.05, 0) is 36.2 Å². The second-order valence-electron chi connectivity index (χ2n) is 4.89. The van der Waals surface area contributed by atoms with Crippen molar-refractivity contribution in [2.75, 3.05) is 6.61 Å². The molecular formula is C16H14Cl2N2O2. The molecule has 1 aliphatic heterocycles. The molecule has 1 atom stereocenters. The Labute approximate surface area is 142 Å². The average Bonchev–Trinajstić information content (AvgIpc) is 2.96. The van der Waals surface area contributed by atoms with Crippen LogP contribution in [0.25, 0.3) is 0 Å². The lowest BCUT2D eigenvalue weighted by molar-refractivity contribution is -0.122. The molecule has 0 unspecified atom stereocenters. The first-order valence-corrected chi connectivity index (χ1v) is 7.37. The smallest absolute Gasteiger partial charge is 0.231 e. The van der Waals surface area contributed by atoms with Crippen LogP contribution < -0.4 is 10.1 Å². The number of ether oxygens (including phenoxy) is 1. The second kappa shape index (κ2) is 6.15. The summed E-state index contributed by atoms with van der Waals surface area (Å²) in [6.07, 6.45) is 1.59. The number of amides is 1. The topological polar surface area (TPSA) is 51.2 Å². The van der Waals surface area contributed by atoms with E-state index in [9.17, 15) is 4.79 Å². The molecule has 0 aliphatic carbocycles. The lowest BCUT2D eigenvalue weighted by Gasteiger charge is -2.13. The predicted octanol–water partition coefficient (Wildman–Crippen LogP) is 3.49. The fraction of sp³-hybridized carbons (Fsp3) is 0.250. The summed E-state index contributed by atoms with van der Waals surface area (Å²) in [5.41, 5.74) is 1.05. The van der Waals surface area contributed by atoms with Gasteiger partial charge >= 0.3 is 0 Å². The Hall–Kier alpha value is -1.78. The Balaban J connectivity index is 1.80. The van der Waals surface area contributed by atoms with Gasteiger partial charge in [0.05, 0.1) is 0 Å². The van der Waals surface area contributed by atoms with Crippen molar-refractivity contribution in [3.05, 3.63) is 57.2 Å². The third kappa shape index (κ3) is 2.89. The van der Waals surface area contributed by atoms with Gasteiger partial charge in [-0.2, -0.15) is 0 Å². The first-order chi connectivity index (χ1) is 11.8. The molecule has 6 heteroatoms. The molecule has 1 N–H and O–H groups in total. The molecule has 0 radical (unpaired) electrons. The lowest BCUT2D eigenvalue weighted by Crippen LogP contribution is -2.30. The third-order valence-electron chi connectivity index (χ3n) is 3.48. The number of fused-ring (bicyclic) bond motifs is 1. The maximum Gasteiger partial charge on any atom is 0.231 e. The molecule has 114 valence electrons. The lowest BCUT2D eigenvalue weighted by atomic mass is 10.0. The molecule has 0 fully saturated rings. The highest BCUT2D eigenvalue weighted by molar-refractivity contribution is 6.35. The molecule has 1 amide bonds. The van der Waals surface area contributed by atoms with Gasteiger partial charge in [0.1, 0.15) is 12.5 Å². The van der Waals surface area contributed by atoms with E-state index in [0.717, 1.165) is 0 Å². The number of hydrogen-bond acceptors (Lipinski definition) is 3. The predicted molar refractivity (Wildman–Crippen MR) is 85.5 cm³/mol. The van der Waals surface area contributed by atoms with Gasteiger partial charge < -0.3 is 10.1 Å². The number of nitrogens with one attached hydrogen (secondary N) is 1. The molecule has 1 aromatic carbocycles. The van der Waals surface area contributed by atoms with Gasteiger partial charge in [-0.25, -0.2) is 4.98 Å². The minimum Gasteiger partial charge on any atom is -0.476 e. The van der Waals surface area contributed by atoms with Crippen molar-refractivity contribution in [3.8, 4) is 5.88 Å². The summed E-state index contributed by atoms with van der Waals surface area (Å²) < 4.78 is 28.3. The van der Waals surface area contributed by atoms with Crippen molar-refractivity contribution in [1.82, 2.24) is 10.3 Å². The summed E-state index contributed by atoms with van der Waals surface area (Å²) >= 11 is 12.0. The van der Waals surface area contributed by atoms with Crippen LogP contribution in [0.15, 0.2) is 30.5 Å². The maximum atomic E-state index is 12.5. The number of halogens is 2. The molecule has 3 rings (SSSR count). The Morgan fingerprint density at radius 2 is 2.41 bits per heavy atom. The van der Waals surface area contributed by atoms with Crippen molar-refractivity contribution in [1.29, 1.82) is 0 Å². The zero-order valence-corrected chi connectivity index (χ0v) is 12.9. The van der Waals surface area contributed by atoms with Crippen LogP contribution in [0, 0.1) is 6.85 Å². The Kier molecular flexibility index (Phi) is 3.28. The van der Waals surface area contributed by atoms with E-state index in [0.29, 0.717) is 17.0 Å². The Morgan fingerprint density at radius 1 is 1.55 bits per heavy atom. The van der Waals surface area contributed by atoms with Crippen LogP contribution in [0.4, 0.5) is 0 Å². The molecule has 0 saturated heterocycles. The molecule has 4 nitrogen and oxygen atoms in total. The SMILES string of the molecule is [2H]C([2H])([2H])c1cc(Cl)cc(Cl)c1CNC(=O)[C@H]1COc2ncccc21. The Bertz CT molecular complexity index is 828. The van der Waals surface area contributed by atoms with E-state index in [1.165, 1.54) is 12.1 Å². The number of nitrogens with zero attached hydrogens (tertiary/aromatic N) is 1. The zero-order chi connectivity index (χ0) is 18.2. The standard InChI is InChI=1S/C16H14Cl2N2O2/c1-9-5-10(17)6-14(18)12(9)7-20-15(21)13-8-22-16-11(13)3-2-4-19-16/h2-6,13H,7-8H2,1H3,(H,20,21)/t13-/m0/s1/i1D3. The monoisotopic (exact) mass is 339 g/mol. The largest absolute Gasteiger partial charge is 0.476 e. The van der Waals surface area contributed by atoms with Crippen LogP contribution >= 0.6 is 23.2 Å². The summed E-state index contributed by atoms with van der Waals surface area (Å²) in [6.45, 7) is -2.21. The Morgan fingerprint density at radius 3 is 3.23 bits per heavy atom. The van der Waals surface area contributed by atoms with Crippen molar-refractivity contribution < 1.29 is 13.6 Å². The summed E-state index contributed by atoms with van der Waals surface area (Å²) in [4.78, 5) is 16.6. The quantitative estimate of drug-likeness (QED) is 0.931. The van der Waals surface area contributed by atoms with Gasteiger partial charge in [0, 0.05) is 32.5 Å². The zero-order valence-electron chi connectivity index (χ0n) is 14.4. The van der Waals surface area contributed by atoms with E-state index < -0.39 is 12.8 Å². The van der Waals surface area contributed by atoms with E-state index in [1.54, 1.807) is 18.3 Å². The molecule has 0 spiro atoms. The molecule has 0 bridgehead atoms. The minimum absolute atomic E-state index is 0.0192. The van der Waals surface area contributed by atoms with Crippen LogP contribution in [0.1, 0.15) is 26.7 Å². The first-order valence-electron chi connectivity index (χ1n) is 8.11. The van der Waals surface area contributed by atoms with Crippen LogP contribution in [0.5, 0.6) is 5.88 Å². The van der Waals surface area contributed by atoms with Crippen LogP contribution in [-0.4, -0.2) is 17.5 Å². The van der Waals surface area contributed by atoms with Gasteiger partial charge in [-0.1, -0.05) is 29.3 Å². The molecule has 1 aliphatic rings. The number of aryl methyl sites for hydroxylation is 1. The van der Waals surface area contributed by atoms with Crippen molar-refractivity contribution in [3.63, 3.8) is 0 Å². The van der Waals surface area contributed by atoms with Crippen molar-refractivity contribution >= 4 is 29.1 Å². The number of hydrogen-bond donors (Lipinski definition) is 1. The van der Waals surface area contributed by atoms with Gasteiger partial charge in [0.2, 0.25) is 11.8 Å².